The standard InChI is InChI=1S/C11H11N3O3S/c1-5-6(10(16)17-2)4-7-8(12-5)13-11(18-3)14-9(7)15/h4H,1-3H3,(H,12,13,14,15). The van der Waals surface area contributed by atoms with Crippen LogP contribution in [0.3, 0.4) is 0 Å². The Bertz CT molecular complexity index is 681. The van der Waals surface area contributed by atoms with Crippen LogP contribution in [-0.4, -0.2) is 34.3 Å². The van der Waals surface area contributed by atoms with Crippen molar-refractivity contribution in [2.24, 2.45) is 0 Å². The van der Waals surface area contributed by atoms with Crippen molar-refractivity contribution in [1.29, 1.82) is 0 Å². The van der Waals surface area contributed by atoms with E-state index in [0.29, 0.717) is 16.5 Å². The quantitative estimate of drug-likeness (QED) is 0.498. The number of fused-ring (bicyclic) bond motifs is 1. The molecule has 0 spiro atoms. The molecule has 0 aliphatic heterocycles. The van der Waals surface area contributed by atoms with E-state index in [4.69, 9.17) is 0 Å². The first-order valence-corrected chi connectivity index (χ1v) is 6.33. The van der Waals surface area contributed by atoms with Crippen molar-refractivity contribution in [2.45, 2.75) is 12.1 Å². The topological polar surface area (TPSA) is 84.9 Å². The SMILES string of the molecule is COC(=O)c1cc2c(=O)[nH]c(SC)nc2nc1C. The Morgan fingerprint density at radius 1 is 1.44 bits per heavy atom. The number of ether oxygens (including phenoxy) is 1. The minimum atomic E-state index is -0.518. The zero-order valence-electron chi connectivity index (χ0n) is 10.1. The monoisotopic (exact) mass is 265 g/mol. The van der Waals surface area contributed by atoms with Gasteiger partial charge in [-0.15, -0.1) is 0 Å². The van der Waals surface area contributed by atoms with Crippen LogP contribution in [-0.2, 0) is 4.74 Å². The van der Waals surface area contributed by atoms with Crippen LogP contribution in [0.2, 0.25) is 0 Å². The molecule has 0 atom stereocenters. The molecule has 18 heavy (non-hydrogen) atoms. The van der Waals surface area contributed by atoms with Gasteiger partial charge < -0.3 is 9.72 Å². The van der Waals surface area contributed by atoms with Gasteiger partial charge in [0.2, 0.25) is 0 Å². The van der Waals surface area contributed by atoms with E-state index < -0.39 is 5.97 Å². The molecule has 0 aliphatic carbocycles. The van der Waals surface area contributed by atoms with Gasteiger partial charge >= 0.3 is 5.97 Å². The molecule has 0 bridgehead atoms. The third-order valence-electron chi connectivity index (χ3n) is 2.46. The Morgan fingerprint density at radius 3 is 2.78 bits per heavy atom. The number of aryl methyl sites for hydroxylation is 1. The fraction of sp³-hybridized carbons (Fsp3) is 0.273. The number of H-pyrrole nitrogens is 1. The van der Waals surface area contributed by atoms with E-state index in [2.05, 4.69) is 19.7 Å². The molecule has 0 saturated carbocycles. The number of carbonyl (C=O) groups is 1. The van der Waals surface area contributed by atoms with Crippen LogP contribution in [0.15, 0.2) is 16.0 Å². The lowest BCUT2D eigenvalue weighted by molar-refractivity contribution is 0.0599. The van der Waals surface area contributed by atoms with Crippen LogP contribution < -0.4 is 5.56 Å². The van der Waals surface area contributed by atoms with Gasteiger partial charge in [-0.25, -0.2) is 14.8 Å². The minimum Gasteiger partial charge on any atom is -0.465 e. The molecule has 2 aromatic heterocycles. The summed E-state index contributed by atoms with van der Waals surface area (Å²) < 4.78 is 4.64. The molecule has 0 fully saturated rings. The van der Waals surface area contributed by atoms with Crippen molar-refractivity contribution >= 4 is 28.8 Å². The molecule has 2 aromatic rings. The van der Waals surface area contributed by atoms with E-state index in [0.717, 1.165) is 0 Å². The first-order chi connectivity index (χ1) is 8.56. The maximum absolute atomic E-state index is 11.8. The minimum absolute atomic E-state index is 0.272. The zero-order chi connectivity index (χ0) is 13.3. The summed E-state index contributed by atoms with van der Waals surface area (Å²) in [5, 5.41) is 0.768. The fourth-order valence-electron chi connectivity index (χ4n) is 1.55. The molecule has 0 aliphatic rings. The number of carbonyl (C=O) groups excluding carboxylic acids is 1. The van der Waals surface area contributed by atoms with E-state index in [-0.39, 0.29) is 16.5 Å². The molecule has 7 heteroatoms. The number of hydrogen-bond acceptors (Lipinski definition) is 6. The summed E-state index contributed by atoms with van der Waals surface area (Å²) in [5.41, 5.74) is 0.768. The molecule has 6 nitrogen and oxygen atoms in total. The molecule has 0 radical (unpaired) electrons. The number of thioether (sulfide) groups is 1. The number of aromatic nitrogens is 3. The Hall–Kier alpha value is -1.89. The van der Waals surface area contributed by atoms with Crippen molar-refractivity contribution in [1.82, 2.24) is 15.0 Å². The van der Waals surface area contributed by atoms with Crippen molar-refractivity contribution in [2.75, 3.05) is 13.4 Å². The Labute approximate surface area is 107 Å². The Kier molecular flexibility index (Phi) is 3.33. The molecule has 1 N–H and O–H groups in total. The van der Waals surface area contributed by atoms with Crippen molar-refractivity contribution in [3.8, 4) is 0 Å². The van der Waals surface area contributed by atoms with Crippen molar-refractivity contribution in [3.05, 3.63) is 27.7 Å². The number of nitrogens with zero attached hydrogens (tertiary/aromatic N) is 2. The molecular weight excluding hydrogens is 254 g/mol. The maximum atomic E-state index is 11.8. The van der Waals surface area contributed by atoms with E-state index in [9.17, 15) is 9.59 Å². The number of methoxy groups -OCH3 is 1. The number of pyridine rings is 1. The number of aromatic amines is 1. The van der Waals surface area contributed by atoms with Gasteiger partial charge in [0.05, 0.1) is 23.8 Å². The predicted molar refractivity (Wildman–Crippen MR) is 68.0 cm³/mol. The highest BCUT2D eigenvalue weighted by Crippen LogP contribution is 2.15. The number of hydrogen-bond donors (Lipinski definition) is 1. The van der Waals surface area contributed by atoms with E-state index >= 15 is 0 Å². The van der Waals surface area contributed by atoms with Crippen LogP contribution in [0.25, 0.3) is 11.0 Å². The van der Waals surface area contributed by atoms with Gasteiger partial charge in [0.1, 0.15) is 0 Å². The van der Waals surface area contributed by atoms with Gasteiger partial charge in [0.25, 0.3) is 5.56 Å². The molecule has 0 saturated heterocycles. The summed E-state index contributed by atoms with van der Waals surface area (Å²) in [4.78, 5) is 34.3. The average molecular weight is 265 g/mol. The smallest absolute Gasteiger partial charge is 0.339 e. The lowest BCUT2D eigenvalue weighted by atomic mass is 10.1. The molecule has 0 amide bonds. The third-order valence-corrected chi connectivity index (χ3v) is 3.04. The largest absolute Gasteiger partial charge is 0.465 e. The Morgan fingerprint density at radius 2 is 2.17 bits per heavy atom. The highest BCUT2D eigenvalue weighted by Gasteiger charge is 2.14. The lowest BCUT2D eigenvalue weighted by Gasteiger charge is -2.05. The van der Waals surface area contributed by atoms with Crippen molar-refractivity contribution in [3.63, 3.8) is 0 Å². The molecule has 2 heterocycles. The van der Waals surface area contributed by atoms with Gasteiger partial charge in [0.15, 0.2) is 10.8 Å². The van der Waals surface area contributed by atoms with E-state index in [1.165, 1.54) is 24.9 Å². The zero-order valence-corrected chi connectivity index (χ0v) is 10.9. The summed E-state index contributed by atoms with van der Waals surface area (Å²) in [7, 11) is 1.28. The van der Waals surface area contributed by atoms with Crippen LogP contribution >= 0.6 is 11.8 Å². The van der Waals surface area contributed by atoms with Crippen LogP contribution in [0.4, 0.5) is 0 Å². The predicted octanol–water partition coefficient (Wildman–Crippen LogP) is 1.14. The second-order valence-electron chi connectivity index (χ2n) is 3.56. The summed E-state index contributed by atoms with van der Waals surface area (Å²) in [6.07, 6.45) is 1.81. The Balaban J connectivity index is 2.76. The van der Waals surface area contributed by atoms with Crippen LogP contribution in [0.5, 0.6) is 0 Å². The average Bonchev–Trinajstić information content (AvgIpc) is 2.36. The fourth-order valence-corrected chi connectivity index (χ4v) is 1.92. The third kappa shape index (κ3) is 2.08. The molecular formula is C11H11N3O3S. The summed E-state index contributed by atoms with van der Waals surface area (Å²) in [6, 6.07) is 1.46. The highest BCUT2D eigenvalue weighted by atomic mass is 32.2. The number of esters is 1. The second-order valence-corrected chi connectivity index (χ2v) is 4.35. The molecule has 0 aromatic carbocycles. The van der Waals surface area contributed by atoms with Gasteiger partial charge in [-0.1, -0.05) is 11.8 Å². The summed E-state index contributed by atoms with van der Waals surface area (Å²) in [6.45, 7) is 1.67. The second kappa shape index (κ2) is 4.77. The van der Waals surface area contributed by atoms with Gasteiger partial charge in [0, 0.05) is 0 Å². The molecule has 2 rings (SSSR count). The summed E-state index contributed by atoms with van der Waals surface area (Å²) >= 11 is 1.32. The van der Waals surface area contributed by atoms with E-state index in [1.54, 1.807) is 13.2 Å². The first kappa shape index (κ1) is 12.6. The summed E-state index contributed by atoms with van der Waals surface area (Å²) in [5.74, 6) is -0.518. The first-order valence-electron chi connectivity index (χ1n) is 5.10. The number of rotatable bonds is 2. The van der Waals surface area contributed by atoms with Gasteiger partial charge in [-0.3, -0.25) is 4.79 Å². The van der Waals surface area contributed by atoms with Gasteiger partial charge in [-0.2, -0.15) is 0 Å². The maximum Gasteiger partial charge on any atom is 0.339 e. The van der Waals surface area contributed by atoms with Crippen LogP contribution in [0, 0.1) is 6.92 Å². The van der Waals surface area contributed by atoms with Crippen molar-refractivity contribution < 1.29 is 9.53 Å². The normalized spacial score (nSPS) is 10.6. The number of nitrogens with one attached hydrogen (secondary N) is 1. The lowest BCUT2D eigenvalue weighted by Crippen LogP contribution is -2.13. The highest BCUT2D eigenvalue weighted by molar-refractivity contribution is 7.98. The molecule has 94 valence electrons. The van der Waals surface area contributed by atoms with Gasteiger partial charge in [-0.05, 0) is 19.2 Å². The van der Waals surface area contributed by atoms with Crippen LogP contribution in [0.1, 0.15) is 16.1 Å². The van der Waals surface area contributed by atoms with E-state index in [1.807, 2.05) is 0 Å². The molecule has 0 unspecified atom stereocenters.